The number of aryl methyl sites for hydroxylation is 1. The molecule has 0 radical (unpaired) electrons. The van der Waals surface area contributed by atoms with Gasteiger partial charge in [0.05, 0.1) is 0 Å². The molecule has 0 aliphatic carbocycles. The molecule has 0 spiro atoms. The molecule has 104 valence electrons. The molecule has 2 rings (SSSR count). The highest BCUT2D eigenvalue weighted by Gasteiger charge is 2.00. The average Bonchev–Trinajstić information content (AvgIpc) is 2.46. The largest absolute Gasteiger partial charge is 0.378 e. The topological polar surface area (TPSA) is 27.4 Å². The van der Waals surface area contributed by atoms with Gasteiger partial charge in [-0.15, -0.1) is 0 Å². The highest BCUT2D eigenvalue weighted by molar-refractivity contribution is 5.72. The molecule has 0 aliphatic heterocycles. The van der Waals surface area contributed by atoms with Crippen LogP contribution in [-0.2, 0) is 6.73 Å². The van der Waals surface area contributed by atoms with Crippen molar-refractivity contribution in [2.75, 3.05) is 19.0 Å². The van der Waals surface area contributed by atoms with E-state index in [-0.39, 0.29) is 6.73 Å². The lowest BCUT2D eigenvalue weighted by Crippen LogP contribution is -2.32. The number of aromatic nitrogens is 1. The minimum absolute atomic E-state index is 0.00903. The van der Waals surface area contributed by atoms with E-state index < -0.39 is 0 Å². The van der Waals surface area contributed by atoms with E-state index in [0.29, 0.717) is 0 Å². The Kier molecular flexibility index (Phi) is 4.53. The molecule has 1 aromatic carbocycles. The molecule has 3 nitrogen and oxygen atoms in total. The zero-order valence-corrected chi connectivity index (χ0v) is 12.2. The van der Waals surface area contributed by atoms with Gasteiger partial charge in [0.25, 0.3) is 0 Å². The first-order valence-electron chi connectivity index (χ1n) is 6.66. The molecule has 0 saturated heterocycles. The summed E-state index contributed by atoms with van der Waals surface area (Å²) in [6.45, 7) is 2.13. The number of rotatable bonds is 4. The summed E-state index contributed by atoms with van der Waals surface area (Å²) in [5.74, 6) is 0. The van der Waals surface area contributed by atoms with Gasteiger partial charge >= 0.3 is 0 Å². The predicted molar refractivity (Wildman–Crippen MR) is 83.3 cm³/mol. The molecule has 2 aromatic rings. The zero-order valence-electron chi connectivity index (χ0n) is 12.2. The molecule has 20 heavy (non-hydrogen) atoms. The first kappa shape index (κ1) is 14.3. The van der Waals surface area contributed by atoms with Gasteiger partial charge in [0, 0.05) is 31.9 Å². The second kappa shape index (κ2) is 6.35. The summed E-state index contributed by atoms with van der Waals surface area (Å²) in [5, 5.41) is 8.98. The Hall–Kier alpha value is -2.13. The van der Waals surface area contributed by atoms with Crippen LogP contribution in [0.15, 0.2) is 42.7 Å². The molecule has 1 N–H and O–H groups in total. The smallest absolute Gasteiger partial charge is 0.250 e. The van der Waals surface area contributed by atoms with Crippen molar-refractivity contribution < 1.29 is 9.67 Å². The van der Waals surface area contributed by atoms with Crippen molar-refractivity contribution in [2.24, 2.45) is 0 Å². The van der Waals surface area contributed by atoms with Crippen LogP contribution in [-0.4, -0.2) is 19.2 Å². The molecular weight excluding hydrogens is 248 g/mol. The third kappa shape index (κ3) is 3.45. The van der Waals surface area contributed by atoms with E-state index in [9.17, 15) is 0 Å². The molecule has 0 amide bonds. The van der Waals surface area contributed by atoms with Crippen LogP contribution in [0.5, 0.6) is 0 Å². The van der Waals surface area contributed by atoms with Crippen LogP contribution in [0.4, 0.5) is 5.69 Å². The Morgan fingerprint density at radius 2 is 1.80 bits per heavy atom. The van der Waals surface area contributed by atoms with Gasteiger partial charge in [-0.3, -0.25) is 0 Å². The summed E-state index contributed by atoms with van der Waals surface area (Å²) in [6.07, 6.45) is 7.93. The van der Waals surface area contributed by atoms with E-state index in [4.69, 9.17) is 5.11 Å². The predicted octanol–water partition coefficient (Wildman–Crippen LogP) is 2.47. The van der Waals surface area contributed by atoms with Crippen LogP contribution in [0, 0.1) is 6.92 Å². The molecule has 0 saturated carbocycles. The summed E-state index contributed by atoms with van der Waals surface area (Å²) in [6, 6.07) is 10.4. The zero-order chi connectivity index (χ0) is 14.5. The first-order valence-corrected chi connectivity index (χ1v) is 6.66. The second-order valence-electron chi connectivity index (χ2n) is 5.06. The number of aliphatic hydroxyl groups is 1. The fourth-order valence-electron chi connectivity index (χ4n) is 1.99. The monoisotopic (exact) mass is 269 g/mol. The average molecular weight is 269 g/mol. The van der Waals surface area contributed by atoms with E-state index in [1.54, 1.807) is 4.57 Å². The molecular formula is C17H21N2O+. The third-order valence-electron chi connectivity index (χ3n) is 3.31. The van der Waals surface area contributed by atoms with Gasteiger partial charge in [-0.25, -0.2) is 0 Å². The number of hydrogen-bond donors (Lipinski definition) is 1. The van der Waals surface area contributed by atoms with E-state index in [0.717, 1.165) is 5.56 Å². The fraction of sp³-hybridized carbons (Fsp3) is 0.235. The maximum absolute atomic E-state index is 8.98. The van der Waals surface area contributed by atoms with Crippen LogP contribution in [0.1, 0.15) is 16.7 Å². The van der Waals surface area contributed by atoms with Crippen molar-refractivity contribution in [2.45, 2.75) is 13.7 Å². The van der Waals surface area contributed by atoms with Crippen molar-refractivity contribution in [3.8, 4) is 0 Å². The summed E-state index contributed by atoms with van der Waals surface area (Å²) in [4.78, 5) is 2.10. The number of pyridine rings is 1. The quantitative estimate of drug-likeness (QED) is 0.863. The van der Waals surface area contributed by atoms with Crippen LogP contribution < -0.4 is 9.47 Å². The van der Waals surface area contributed by atoms with Crippen LogP contribution in [0.3, 0.4) is 0 Å². The van der Waals surface area contributed by atoms with Gasteiger partial charge in [-0.2, -0.15) is 4.57 Å². The minimum Gasteiger partial charge on any atom is -0.378 e. The Labute approximate surface area is 120 Å². The molecule has 0 unspecified atom stereocenters. The van der Waals surface area contributed by atoms with E-state index in [1.165, 1.54) is 16.8 Å². The maximum atomic E-state index is 8.98. The SMILES string of the molecule is Cc1cc(N(C)C)ccc1C=Cc1cc[n+](CO)cc1. The Morgan fingerprint density at radius 3 is 2.35 bits per heavy atom. The van der Waals surface area contributed by atoms with E-state index in [2.05, 4.69) is 42.2 Å². The van der Waals surface area contributed by atoms with Crippen molar-refractivity contribution in [3.63, 3.8) is 0 Å². The molecule has 1 heterocycles. The lowest BCUT2D eigenvalue weighted by Gasteiger charge is -2.13. The standard InChI is InChI=1S/C17H21N2O/c1-14-12-17(18(2)3)7-6-16(14)5-4-15-8-10-19(13-20)11-9-15/h4-12,20H,13H2,1-3H3/q+1. The summed E-state index contributed by atoms with van der Waals surface area (Å²) < 4.78 is 1.72. The number of hydrogen-bond acceptors (Lipinski definition) is 2. The highest BCUT2D eigenvalue weighted by Crippen LogP contribution is 2.19. The summed E-state index contributed by atoms with van der Waals surface area (Å²) >= 11 is 0. The van der Waals surface area contributed by atoms with Crippen molar-refractivity contribution in [3.05, 3.63) is 59.4 Å². The van der Waals surface area contributed by atoms with E-state index in [1.807, 2.05) is 38.6 Å². The van der Waals surface area contributed by atoms with Gasteiger partial charge in [0.2, 0.25) is 6.73 Å². The fourth-order valence-corrected chi connectivity index (χ4v) is 1.99. The van der Waals surface area contributed by atoms with Crippen molar-refractivity contribution in [1.82, 2.24) is 0 Å². The van der Waals surface area contributed by atoms with Crippen LogP contribution in [0.25, 0.3) is 12.2 Å². The highest BCUT2D eigenvalue weighted by atomic mass is 16.3. The molecule has 0 bridgehead atoms. The lowest BCUT2D eigenvalue weighted by molar-refractivity contribution is -0.729. The summed E-state index contributed by atoms with van der Waals surface area (Å²) in [5.41, 5.74) is 4.80. The van der Waals surface area contributed by atoms with Gasteiger partial charge in [-0.05, 0) is 35.7 Å². The van der Waals surface area contributed by atoms with Gasteiger partial charge in [0.15, 0.2) is 12.4 Å². The molecule has 3 heteroatoms. The van der Waals surface area contributed by atoms with Crippen molar-refractivity contribution in [1.29, 1.82) is 0 Å². The maximum Gasteiger partial charge on any atom is 0.250 e. The minimum atomic E-state index is 0.00903. The third-order valence-corrected chi connectivity index (χ3v) is 3.31. The first-order chi connectivity index (χ1) is 9.60. The second-order valence-corrected chi connectivity index (χ2v) is 5.06. The molecule has 1 aromatic heterocycles. The van der Waals surface area contributed by atoms with Crippen LogP contribution in [0.2, 0.25) is 0 Å². The van der Waals surface area contributed by atoms with Gasteiger partial charge in [-0.1, -0.05) is 18.2 Å². The number of benzene rings is 1. The number of nitrogens with zero attached hydrogens (tertiary/aromatic N) is 2. The Morgan fingerprint density at radius 1 is 1.10 bits per heavy atom. The van der Waals surface area contributed by atoms with Gasteiger partial charge in [0.1, 0.15) is 0 Å². The van der Waals surface area contributed by atoms with Crippen LogP contribution >= 0.6 is 0 Å². The lowest BCUT2D eigenvalue weighted by atomic mass is 10.1. The number of aliphatic hydroxyl groups excluding tert-OH is 1. The number of anilines is 1. The normalized spacial score (nSPS) is 11.0. The Bertz CT molecular complexity index is 601. The van der Waals surface area contributed by atoms with Crippen molar-refractivity contribution >= 4 is 17.8 Å². The molecule has 0 fully saturated rings. The molecule has 0 aliphatic rings. The van der Waals surface area contributed by atoms with E-state index >= 15 is 0 Å². The Balaban J connectivity index is 2.18. The summed E-state index contributed by atoms with van der Waals surface area (Å²) in [7, 11) is 4.09. The molecule has 0 atom stereocenters. The van der Waals surface area contributed by atoms with Gasteiger partial charge < -0.3 is 10.0 Å².